The maximum Gasteiger partial charge on any atom is 0.435 e. The van der Waals surface area contributed by atoms with E-state index < -0.39 is 17.7 Å². The Morgan fingerprint density at radius 2 is 1.95 bits per heavy atom. The van der Waals surface area contributed by atoms with Crippen LogP contribution in [0.5, 0.6) is 6.01 Å². The molecule has 1 fully saturated rings. The molecule has 1 aliphatic carbocycles. The van der Waals surface area contributed by atoms with E-state index in [4.69, 9.17) is 4.74 Å². The minimum atomic E-state index is -4.62. The summed E-state index contributed by atoms with van der Waals surface area (Å²) in [7, 11) is 0. The second-order valence-corrected chi connectivity index (χ2v) is 9.16. The van der Waals surface area contributed by atoms with Crippen LogP contribution >= 0.6 is 0 Å². The Balaban J connectivity index is 1.51. The lowest BCUT2D eigenvalue weighted by Crippen LogP contribution is -2.20. The van der Waals surface area contributed by atoms with Crippen molar-refractivity contribution in [2.45, 2.75) is 32.0 Å². The number of nitrogens with zero attached hydrogens (tertiary/aromatic N) is 5. The normalized spacial score (nSPS) is 16.4. The van der Waals surface area contributed by atoms with Crippen molar-refractivity contribution in [2.75, 3.05) is 25.0 Å². The van der Waals surface area contributed by atoms with Crippen LogP contribution in [0.25, 0.3) is 27.9 Å². The highest BCUT2D eigenvalue weighted by molar-refractivity contribution is 5.91. The summed E-state index contributed by atoms with van der Waals surface area (Å²) < 4.78 is 62.1. The van der Waals surface area contributed by atoms with Gasteiger partial charge in [-0.1, -0.05) is 0 Å². The smallest absolute Gasteiger partial charge is 0.435 e. The summed E-state index contributed by atoms with van der Waals surface area (Å²) >= 11 is 0. The van der Waals surface area contributed by atoms with Gasteiger partial charge in [0.1, 0.15) is 11.9 Å². The van der Waals surface area contributed by atoms with Crippen molar-refractivity contribution in [3.05, 3.63) is 65.8 Å². The molecule has 38 heavy (non-hydrogen) atoms. The zero-order valence-corrected chi connectivity index (χ0v) is 20.3. The number of anilines is 1. The number of hydrogen-bond donors (Lipinski definition) is 2. The van der Waals surface area contributed by atoms with Gasteiger partial charge >= 0.3 is 12.2 Å². The predicted molar refractivity (Wildman–Crippen MR) is 132 cm³/mol. The predicted octanol–water partition coefficient (Wildman–Crippen LogP) is 4.63. The maximum absolute atomic E-state index is 14.7. The molecule has 0 bridgehead atoms. The first-order chi connectivity index (χ1) is 18.3. The van der Waals surface area contributed by atoms with E-state index in [1.54, 1.807) is 6.20 Å². The van der Waals surface area contributed by atoms with Crippen LogP contribution in [0.4, 0.5) is 23.2 Å². The van der Waals surface area contributed by atoms with Gasteiger partial charge in [-0.15, -0.1) is 0 Å². The van der Waals surface area contributed by atoms with E-state index in [-0.39, 0.29) is 12.1 Å². The highest BCUT2D eigenvalue weighted by Gasteiger charge is 2.35. The summed E-state index contributed by atoms with van der Waals surface area (Å²) in [4.78, 5) is 13.3. The molecule has 4 aromatic rings. The molecule has 12 heteroatoms. The van der Waals surface area contributed by atoms with Crippen molar-refractivity contribution in [3.8, 4) is 34.0 Å². The van der Waals surface area contributed by atoms with Crippen LogP contribution in [0.2, 0.25) is 0 Å². The van der Waals surface area contributed by atoms with Gasteiger partial charge in [0.2, 0.25) is 0 Å². The summed E-state index contributed by atoms with van der Waals surface area (Å²) in [5, 5.41) is 10.2. The lowest BCUT2D eigenvalue weighted by molar-refractivity contribution is -0.141. The fourth-order valence-corrected chi connectivity index (χ4v) is 4.97. The molecule has 0 amide bonds. The first kappa shape index (κ1) is 24.3. The second kappa shape index (κ2) is 9.35. The summed E-state index contributed by atoms with van der Waals surface area (Å²) in [5.74, 6) is -0.466. The van der Waals surface area contributed by atoms with Crippen LogP contribution in [0, 0.1) is 5.82 Å². The quantitative estimate of drug-likeness (QED) is 0.313. The largest absolute Gasteiger partial charge is 0.459 e. The summed E-state index contributed by atoms with van der Waals surface area (Å²) in [6, 6.07) is 3.91. The Morgan fingerprint density at radius 1 is 1.13 bits per heavy atom. The molecule has 0 unspecified atom stereocenters. The van der Waals surface area contributed by atoms with Crippen LogP contribution in [-0.2, 0) is 12.6 Å². The highest BCUT2D eigenvalue weighted by atomic mass is 19.4. The minimum Gasteiger partial charge on any atom is -0.459 e. The SMILES string of the molecule is CCNc1cc(F)cc2c1Cc1ncc(-c3cnc(O[C@@H]4CCNC4)nc3)c(-n3ccc(C(F)(F)F)n3)c1-2. The molecule has 1 saturated heterocycles. The van der Waals surface area contributed by atoms with Gasteiger partial charge in [-0.05, 0) is 49.2 Å². The molecular formula is C26H23F4N7O. The first-order valence-corrected chi connectivity index (χ1v) is 12.2. The van der Waals surface area contributed by atoms with E-state index in [9.17, 15) is 17.6 Å². The fourth-order valence-electron chi connectivity index (χ4n) is 4.97. The Kier molecular flexibility index (Phi) is 5.98. The second-order valence-electron chi connectivity index (χ2n) is 9.16. The molecule has 1 aromatic carbocycles. The number of halogens is 4. The standard InChI is InChI=1S/C26H23F4N7O/c1-2-32-20-8-15(27)7-18-17(20)9-21-23(18)24(37-6-4-22(36-37)26(28,29)30)19(13-33-21)14-10-34-25(35-11-14)38-16-3-5-31-12-16/h4,6-8,10-11,13,16,31-32H,2-3,5,9,12H2,1H3/t16-/m1/s1. The number of fused-ring (bicyclic) bond motifs is 3. The van der Waals surface area contributed by atoms with E-state index in [1.165, 1.54) is 35.4 Å². The van der Waals surface area contributed by atoms with E-state index in [0.717, 1.165) is 24.6 Å². The molecule has 0 radical (unpaired) electrons. The lowest BCUT2D eigenvalue weighted by atomic mass is 9.99. The molecule has 4 heterocycles. The molecule has 6 rings (SSSR count). The zero-order valence-electron chi connectivity index (χ0n) is 20.3. The van der Waals surface area contributed by atoms with Crippen LogP contribution in [0.1, 0.15) is 30.3 Å². The van der Waals surface area contributed by atoms with Gasteiger partial charge in [-0.25, -0.2) is 19.0 Å². The molecule has 2 N–H and O–H groups in total. The van der Waals surface area contributed by atoms with E-state index in [1.807, 2.05) is 6.92 Å². The molecule has 196 valence electrons. The van der Waals surface area contributed by atoms with Crippen molar-refractivity contribution in [1.82, 2.24) is 30.0 Å². The number of nitrogens with one attached hydrogen (secondary N) is 2. The third-order valence-corrected chi connectivity index (χ3v) is 6.66. The van der Waals surface area contributed by atoms with Crippen LogP contribution in [0.15, 0.2) is 43.0 Å². The maximum atomic E-state index is 14.7. The van der Waals surface area contributed by atoms with Crippen molar-refractivity contribution in [1.29, 1.82) is 0 Å². The number of hydrogen-bond acceptors (Lipinski definition) is 7. The monoisotopic (exact) mass is 525 g/mol. The summed E-state index contributed by atoms with van der Waals surface area (Å²) in [6.07, 6.45) is 2.48. The zero-order chi connectivity index (χ0) is 26.4. The highest BCUT2D eigenvalue weighted by Crippen LogP contribution is 2.46. The van der Waals surface area contributed by atoms with Gasteiger partial charge in [0, 0.05) is 66.7 Å². The van der Waals surface area contributed by atoms with Crippen molar-refractivity contribution >= 4 is 5.69 Å². The Hall–Kier alpha value is -4.06. The number of alkyl halides is 3. The number of pyridine rings is 1. The van der Waals surface area contributed by atoms with Crippen LogP contribution in [-0.4, -0.2) is 50.5 Å². The average molecular weight is 526 g/mol. The molecule has 0 spiro atoms. The molecular weight excluding hydrogens is 502 g/mol. The Labute approximate surface area is 215 Å². The van der Waals surface area contributed by atoms with Gasteiger partial charge in [0.05, 0.1) is 11.4 Å². The van der Waals surface area contributed by atoms with Gasteiger partial charge in [0.25, 0.3) is 0 Å². The van der Waals surface area contributed by atoms with Crippen molar-refractivity contribution < 1.29 is 22.3 Å². The van der Waals surface area contributed by atoms with E-state index in [0.29, 0.717) is 58.8 Å². The average Bonchev–Trinajstić information content (AvgIpc) is 3.64. The Bertz CT molecular complexity index is 1490. The molecule has 2 aliphatic rings. The van der Waals surface area contributed by atoms with Crippen molar-refractivity contribution in [2.24, 2.45) is 0 Å². The van der Waals surface area contributed by atoms with Gasteiger partial charge in [0.15, 0.2) is 5.69 Å². The topological polar surface area (TPSA) is 89.8 Å². The third kappa shape index (κ3) is 4.34. The lowest BCUT2D eigenvalue weighted by Gasteiger charge is -2.16. The molecule has 3 aromatic heterocycles. The number of benzene rings is 1. The van der Waals surface area contributed by atoms with E-state index in [2.05, 4.69) is 30.7 Å². The van der Waals surface area contributed by atoms with Crippen LogP contribution < -0.4 is 15.4 Å². The molecule has 1 aliphatic heterocycles. The number of ether oxygens (including phenoxy) is 1. The fraction of sp³-hybridized carbons (Fsp3) is 0.308. The van der Waals surface area contributed by atoms with Gasteiger partial charge < -0.3 is 15.4 Å². The molecule has 0 saturated carbocycles. The minimum absolute atomic E-state index is 0.0275. The van der Waals surface area contributed by atoms with Gasteiger partial charge in [-0.2, -0.15) is 18.3 Å². The van der Waals surface area contributed by atoms with Crippen LogP contribution in [0.3, 0.4) is 0 Å². The summed E-state index contributed by atoms with van der Waals surface area (Å²) in [6.45, 7) is 4.04. The summed E-state index contributed by atoms with van der Waals surface area (Å²) in [5.41, 5.74) is 3.40. The number of aromatic nitrogens is 5. The molecule has 8 nitrogen and oxygen atoms in total. The van der Waals surface area contributed by atoms with Crippen molar-refractivity contribution in [3.63, 3.8) is 0 Å². The molecule has 1 atom stereocenters. The first-order valence-electron chi connectivity index (χ1n) is 12.2. The third-order valence-electron chi connectivity index (χ3n) is 6.66. The van der Waals surface area contributed by atoms with E-state index >= 15 is 0 Å². The Morgan fingerprint density at radius 3 is 2.63 bits per heavy atom. The van der Waals surface area contributed by atoms with Gasteiger partial charge in [-0.3, -0.25) is 4.98 Å². The number of rotatable bonds is 6.